The van der Waals surface area contributed by atoms with Crippen molar-refractivity contribution in [3.05, 3.63) is 92.6 Å². The molecular weight excluding hydrogens is 421 g/mol. The van der Waals surface area contributed by atoms with Crippen LogP contribution in [0.15, 0.2) is 59.5 Å². The summed E-state index contributed by atoms with van der Waals surface area (Å²) in [7, 11) is 0. The lowest BCUT2D eigenvalue weighted by Gasteiger charge is -2.42. The first-order valence-corrected chi connectivity index (χ1v) is 10.5. The number of carbonyl (C=O) groups excluding carboxylic acids is 1. The highest BCUT2D eigenvalue weighted by Gasteiger charge is 2.48. The first kappa shape index (κ1) is 19.8. The lowest BCUT2D eigenvalue weighted by atomic mass is 9.80. The Balaban J connectivity index is 1.79. The molecule has 1 amide bonds. The fourth-order valence-electron chi connectivity index (χ4n) is 4.93. The normalized spacial score (nSPS) is 21.0. The number of aromatic hydroxyl groups is 1. The van der Waals surface area contributed by atoms with Crippen molar-refractivity contribution in [3.8, 4) is 5.75 Å². The van der Waals surface area contributed by atoms with Crippen LogP contribution in [0.4, 0.5) is 4.39 Å². The molecule has 158 valence electrons. The minimum atomic E-state index is -0.707. The highest BCUT2D eigenvalue weighted by atomic mass is 35.5. The minimum absolute atomic E-state index is 0.126. The Bertz CT molecular complexity index is 1200. The lowest BCUT2D eigenvalue weighted by molar-refractivity contribution is 0.0565. The summed E-state index contributed by atoms with van der Waals surface area (Å²) in [6, 6.07) is 12.9. The Hall–Kier alpha value is -3.19. The van der Waals surface area contributed by atoms with E-state index < -0.39 is 29.0 Å². The second kappa shape index (κ2) is 7.50. The van der Waals surface area contributed by atoms with Gasteiger partial charge >= 0.3 is 0 Å². The van der Waals surface area contributed by atoms with Gasteiger partial charge in [0.1, 0.15) is 5.82 Å². The van der Waals surface area contributed by atoms with E-state index in [9.17, 15) is 19.1 Å². The molecule has 0 unspecified atom stereocenters. The van der Waals surface area contributed by atoms with Gasteiger partial charge < -0.3 is 10.0 Å². The van der Waals surface area contributed by atoms with Crippen molar-refractivity contribution in [2.24, 2.45) is 0 Å². The van der Waals surface area contributed by atoms with Crippen molar-refractivity contribution in [3.63, 3.8) is 0 Å². The molecule has 0 aliphatic carbocycles. The summed E-state index contributed by atoms with van der Waals surface area (Å²) in [5.41, 5.74) is 0.690. The SMILES string of the molecule is O=C1c2c(O)c(=O)cnn2[C@@H]([C@@H](c2cccc(F)c2)c2cccc(Cl)c2)[C@H]2CCCN12. The Morgan fingerprint density at radius 2 is 1.87 bits per heavy atom. The molecule has 3 atom stereocenters. The average molecular weight is 440 g/mol. The first-order chi connectivity index (χ1) is 15.0. The molecule has 1 fully saturated rings. The second-order valence-electron chi connectivity index (χ2n) is 7.94. The van der Waals surface area contributed by atoms with Crippen LogP contribution >= 0.6 is 11.6 Å². The van der Waals surface area contributed by atoms with Crippen LogP contribution < -0.4 is 5.43 Å². The van der Waals surface area contributed by atoms with Crippen LogP contribution in [0.3, 0.4) is 0 Å². The van der Waals surface area contributed by atoms with Gasteiger partial charge in [-0.05, 0) is 48.2 Å². The van der Waals surface area contributed by atoms with Crippen LogP contribution in [0.25, 0.3) is 0 Å². The van der Waals surface area contributed by atoms with Crippen molar-refractivity contribution in [2.75, 3.05) is 6.54 Å². The van der Waals surface area contributed by atoms with Gasteiger partial charge in [-0.1, -0.05) is 35.9 Å². The molecule has 3 aromatic rings. The molecule has 1 aromatic heterocycles. The summed E-state index contributed by atoms with van der Waals surface area (Å²) in [5, 5.41) is 15.3. The van der Waals surface area contributed by atoms with E-state index in [1.165, 1.54) is 16.8 Å². The van der Waals surface area contributed by atoms with E-state index >= 15 is 0 Å². The number of halogens is 2. The molecule has 3 heterocycles. The molecule has 2 aromatic carbocycles. The summed E-state index contributed by atoms with van der Waals surface area (Å²) in [4.78, 5) is 26.9. The van der Waals surface area contributed by atoms with Crippen molar-refractivity contribution < 1.29 is 14.3 Å². The van der Waals surface area contributed by atoms with Crippen molar-refractivity contribution >= 4 is 17.5 Å². The van der Waals surface area contributed by atoms with Crippen LogP contribution in [0.1, 0.15) is 46.4 Å². The van der Waals surface area contributed by atoms with Crippen LogP contribution in [0.5, 0.6) is 5.75 Å². The van der Waals surface area contributed by atoms with Gasteiger partial charge in [-0.3, -0.25) is 14.3 Å². The topological polar surface area (TPSA) is 75.4 Å². The van der Waals surface area contributed by atoms with Crippen molar-refractivity contribution in [1.29, 1.82) is 0 Å². The molecule has 0 saturated carbocycles. The zero-order valence-electron chi connectivity index (χ0n) is 16.4. The number of hydrogen-bond donors (Lipinski definition) is 1. The van der Waals surface area contributed by atoms with Gasteiger partial charge in [-0.2, -0.15) is 5.10 Å². The molecule has 31 heavy (non-hydrogen) atoms. The smallest absolute Gasteiger partial charge is 0.276 e. The monoisotopic (exact) mass is 439 g/mol. The zero-order valence-corrected chi connectivity index (χ0v) is 17.2. The number of fused-ring (bicyclic) bond motifs is 2. The summed E-state index contributed by atoms with van der Waals surface area (Å²) in [6.45, 7) is 0.522. The number of amides is 1. The predicted octanol–water partition coefficient (Wildman–Crippen LogP) is 3.73. The van der Waals surface area contributed by atoms with E-state index in [4.69, 9.17) is 11.6 Å². The number of hydrogen-bond acceptors (Lipinski definition) is 4. The molecule has 8 heteroatoms. The van der Waals surface area contributed by atoms with Crippen LogP contribution in [-0.2, 0) is 0 Å². The standard InChI is InChI=1S/C23H19ClFN3O3/c24-15-6-1-4-13(10-15)19(14-5-2-7-16(25)11-14)20-17-8-3-9-27(17)23(31)21-22(30)18(29)12-26-28(20)21/h1-2,4-7,10-12,17,19-20,30H,3,8-9H2/t17-,19-,20-/m1/s1. The van der Waals surface area contributed by atoms with Crippen molar-refractivity contribution in [1.82, 2.24) is 14.7 Å². The molecule has 1 N–H and O–H groups in total. The highest BCUT2D eigenvalue weighted by molar-refractivity contribution is 6.30. The van der Waals surface area contributed by atoms with Gasteiger partial charge in [0, 0.05) is 17.5 Å². The third kappa shape index (κ3) is 3.20. The fraction of sp³-hybridized carbons (Fsp3) is 0.261. The van der Waals surface area contributed by atoms with E-state index in [0.29, 0.717) is 17.1 Å². The number of aromatic nitrogens is 2. The van der Waals surface area contributed by atoms with Gasteiger partial charge in [-0.15, -0.1) is 0 Å². The molecule has 0 bridgehead atoms. The van der Waals surface area contributed by atoms with Gasteiger partial charge in [0.05, 0.1) is 18.3 Å². The van der Waals surface area contributed by atoms with E-state index in [-0.39, 0.29) is 17.6 Å². The van der Waals surface area contributed by atoms with Crippen molar-refractivity contribution in [2.45, 2.75) is 30.8 Å². The average Bonchev–Trinajstić information content (AvgIpc) is 3.23. The third-order valence-electron chi connectivity index (χ3n) is 6.18. The van der Waals surface area contributed by atoms with Gasteiger partial charge in [0.15, 0.2) is 11.4 Å². The Morgan fingerprint density at radius 3 is 2.61 bits per heavy atom. The molecule has 1 saturated heterocycles. The maximum atomic E-state index is 14.2. The number of rotatable bonds is 3. The van der Waals surface area contributed by atoms with E-state index in [1.807, 2.05) is 24.3 Å². The van der Waals surface area contributed by atoms with E-state index in [1.54, 1.807) is 17.0 Å². The van der Waals surface area contributed by atoms with E-state index in [2.05, 4.69) is 5.10 Å². The van der Waals surface area contributed by atoms with Gasteiger partial charge in [0.2, 0.25) is 5.43 Å². The first-order valence-electron chi connectivity index (χ1n) is 10.1. The molecule has 0 spiro atoms. The third-order valence-corrected chi connectivity index (χ3v) is 6.42. The molecular formula is C23H19ClFN3O3. The van der Waals surface area contributed by atoms with E-state index in [0.717, 1.165) is 24.6 Å². The zero-order chi connectivity index (χ0) is 21.7. The summed E-state index contributed by atoms with van der Waals surface area (Å²) in [5.74, 6) is -1.82. The molecule has 2 aliphatic rings. The highest BCUT2D eigenvalue weighted by Crippen LogP contribution is 2.46. The number of nitrogens with zero attached hydrogens (tertiary/aromatic N) is 3. The summed E-state index contributed by atoms with van der Waals surface area (Å²) < 4.78 is 15.7. The number of benzene rings is 2. The summed E-state index contributed by atoms with van der Waals surface area (Å²) in [6.07, 6.45) is 2.54. The molecule has 5 rings (SSSR count). The Morgan fingerprint density at radius 1 is 1.13 bits per heavy atom. The fourth-order valence-corrected chi connectivity index (χ4v) is 5.13. The maximum Gasteiger partial charge on any atom is 0.276 e. The maximum absolute atomic E-state index is 14.2. The second-order valence-corrected chi connectivity index (χ2v) is 8.37. The summed E-state index contributed by atoms with van der Waals surface area (Å²) >= 11 is 6.28. The minimum Gasteiger partial charge on any atom is -0.502 e. The molecule has 2 aliphatic heterocycles. The number of carbonyl (C=O) groups is 1. The molecule has 6 nitrogen and oxygen atoms in total. The Kier molecular flexibility index (Phi) is 4.78. The molecule has 0 radical (unpaired) electrons. The Labute approximate surface area is 182 Å². The van der Waals surface area contributed by atoms with Gasteiger partial charge in [0.25, 0.3) is 5.91 Å². The van der Waals surface area contributed by atoms with Crippen LogP contribution in [0, 0.1) is 5.82 Å². The van der Waals surface area contributed by atoms with Crippen LogP contribution in [0.2, 0.25) is 5.02 Å². The largest absolute Gasteiger partial charge is 0.502 e. The van der Waals surface area contributed by atoms with Crippen LogP contribution in [-0.4, -0.2) is 38.3 Å². The quantitative estimate of drug-likeness (QED) is 0.674. The predicted molar refractivity (Wildman–Crippen MR) is 113 cm³/mol. The lowest BCUT2D eigenvalue weighted by Crippen LogP contribution is -2.50. The van der Waals surface area contributed by atoms with Gasteiger partial charge in [-0.25, -0.2) is 4.39 Å².